The Balaban J connectivity index is 2.80. The van der Waals surface area contributed by atoms with Gasteiger partial charge in [-0.2, -0.15) is 0 Å². The maximum Gasteiger partial charge on any atom is 0.158 e. The van der Waals surface area contributed by atoms with E-state index in [0.29, 0.717) is 37.2 Å². The van der Waals surface area contributed by atoms with Gasteiger partial charge in [0.2, 0.25) is 0 Å². The zero-order valence-corrected chi connectivity index (χ0v) is 10.6. The normalized spacial score (nSPS) is 12.5. The third kappa shape index (κ3) is 4.54. The number of rotatable bonds is 6. The van der Waals surface area contributed by atoms with E-state index in [1.54, 1.807) is 13.0 Å². The molecule has 6 nitrogen and oxygen atoms in total. The smallest absolute Gasteiger partial charge is 0.158 e. The molecule has 0 aliphatic rings. The first-order chi connectivity index (χ1) is 8.02. The molecule has 0 bridgehead atoms. The SMILES string of the molecule is CCOCc1nc(N)cc(N(C)CC(C)O)n1. The van der Waals surface area contributed by atoms with Crippen LogP contribution in [0.1, 0.15) is 19.7 Å². The molecule has 0 aliphatic heterocycles. The van der Waals surface area contributed by atoms with Crippen LogP contribution in [0.5, 0.6) is 0 Å². The lowest BCUT2D eigenvalue weighted by Crippen LogP contribution is -2.28. The molecule has 6 heteroatoms. The predicted molar refractivity (Wildman–Crippen MR) is 66.7 cm³/mol. The van der Waals surface area contributed by atoms with Crippen LogP contribution in [-0.4, -0.2) is 41.4 Å². The van der Waals surface area contributed by atoms with Gasteiger partial charge in [0.1, 0.15) is 18.2 Å². The predicted octanol–water partition coefficient (Wildman–Crippen LogP) is 0.412. The van der Waals surface area contributed by atoms with E-state index in [2.05, 4.69) is 9.97 Å². The summed E-state index contributed by atoms with van der Waals surface area (Å²) in [4.78, 5) is 10.2. The first-order valence-corrected chi connectivity index (χ1v) is 5.63. The number of aromatic nitrogens is 2. The molecule has 1 rings (SSSR count). The first-order valence-electron chi connectivity index (χ1n) is 5.63. The molecule has 0 radical (unpaired) electrons. The van der Waals surface area contributed by atoms with Crippen LogP contribution in [0, 0.1) is 0 Å². The van der Waals surface area contributed by atoms with Gasteiger partial charge in [-0.1, -0.05) is 0 Å². The maximum atomic E-state index is 9.32. The highest BCUT2D eigenvalue weighted by molar-refractivity contribution is 5.46. The van der Waals surface area contributed by atoms with Crippen LogP contribution in [0.15, 0.2) is 6.07 Å². The van der Waals surface area contributed by atoms with E-state index in [9.17, 15) is 5.11 Å². The van der Waals surface area contributed by atoms with Crippen molar-refractivity contribution in [2.24, 2.45) is 0 Å². The van der Waals surface area contributed by atoms with E-state index in [0.717, 1.165) is 0 Å². The molecule has 1 heterocycles. The monoisotopic (exact) mass is 240 g/mol. The fourth-order valence-electron chi connectivity index (χ4n) is 1.45. The van der Waals surface area contributed by atoms with Crippen molar-refractivity contribution in [2.75, 3.05) is 30.8 Å². The Morgan fingerprint density at radius 3 is 2.82 bits per heavy atom. The van der Waals surface area contributed by atoms with Crippen LogP contribution in [0.3, 0.4) is 0 Å². The van der Waals surface area contributed by atoms with Gasteiger partial charge in [-0.25, -0.2) is 9.97 Å². The summed E-state index contributed by atoms with van der Waals surface area (Å²) in [6.45, 7) is 5.08. The first kappa shape index (κ1) is 13.7. The zero-order chi connectivity index (χ0) is 12.8. The van der Waals surface area contributed by atoms with Gasteiger partial charge in [-0.3, -0.25) is 0 Å². The highest BCUT2D eigenvalue weighted by Crippen LogP contribution is 2.13. The number of hydrogen-bond donors (Lipinski definition) is 2. The van der Waals surface area contributed by atoms with Gasteiger partial charge in [0, 0.05) is 26.3 Å². The van der Waals surface area contributed by atoms with Gasteiger partial charge in [-0.05, 0) is 13.8 Å². The van der Waals surface area contributed by atoms with Crippen molar-refractivity contribution in [1.29, 1.82) is 0 Å². The average Bonchev–Trinajstić information content (AvgIpc) is 2.24. The van der Waals surface area contributed by atoms with Gasteiger partial charge in [0.05, 0.1) is 6.10 Å². The summed E-state index contributed by atoms with van der Waals surface area (Å²) in [6, 6.07) is 1.68. The van der Waals surface area contributed by atoms with Crippen molar-refractivity contribution in [3.05, 3.63) is 11.9 Å². The molecular weight excluding hydrogens is 220 g/mol. The van der Waals surface area contributed by atoms with Crippen molar-refractivity contribution in [3.8, 4) is 0 Å². The minimum absolute atomic E-state index is 0.344. The third-order valence-corrected chi connectivity index (χ3v) is 2.14. The fraction of sp³-hybridized carbons (Fsp3) is 0.636. The van der Waals surface area contributed by atoms with Crippen LogP contribution in [0.25, 0.3) is 0 Å². The summed E-state index contributed by atoms with van der Waals surface area (Å²) in [7, 11) is 1.85. The lowest BCUT2D eigenvalue weighted by atomic mass is 10.3. The second-order valence-electron chi connectivity index (χ2n) is 3.93. The number of likely N-dealkylation sites (N-methyl/N-ethyl adjacent to an activating group) is 1. The van der Waals surface area contributed by atoms with Crippen LogP contribution in [0.2, 0.25) is 0 Å². The quantitative estimate of drug-likeness (QED) is 0.749. The van der Waals surface area contributed by atoms with Gasteiger partial charge in [-0.15, -0.1) is 0 Å². The second-order valence-corrected chi connectivity index (χ2v) is 3.93. The Kier molecular flexibility index (Phi) is 5.11. The van der Waals surface area contributed by atoms with E-state index >= 15 is 0 Å². The maximum absolute atomic E-state index is 9.32. The van der Waals surface area contributed by atoms with E-state index in [4.69, 9.17) is 10.5 Å². The Morgan fingerprint density at radius 1 is 1.53 bits per heavy atom. The largest absolute Gasteiger partial charge is 0.392 e. The Hall–Kier alpha value is -1.40. The lowest BCUT2D eigenvalue weighted by molar-refractivity contribution is 0.128. The van der Waals surface area contributed by atoms with Crippen LogP contribution < -0.4 is 10.6 Å². The average molecular weight is 240 g/mol. The summed E-state index contributed by atoms with van der Waals surface area (Å²) in [5.74, 6) is 1.65. The molecule has 0 saturated heterocycles. The molecule has 1 aromatic rings. The Bertz CT molecular complexity index is 357. The van der Waals surface area contributed by atoms with E-state index in [-0.39, 0.29) is 0 Å². The second kappa shape index (κ2) is 6.36. The molecule has 0 amide bonds. The Morgan fingerprint density at radius 2 is 2.24 bits per heavy atom. The molecule has 0 aliphatic carbocycles. The molecule has 0 fully saturated rings. The summed E-state index contributed by atoms with van der Waals surface area (Å²) in [5.41, 5.74) is 5.70. The van der Waals surface area contributed by atoms with Crippen molar-refractivity contribution >= 4 is 11.6 Å². The van der Waals surface area contributed by atoms with Crippen molar-refractivity contribution in [1.82, 2.24) is 9.97 Å². The van der Waals surface area contributed by atoms with E-state index in [1.807, 2.05) is 18.9 Å². The highest BCUT2D eigenvalue weighted by atomic mass is 16.5. The molecule has 0 spiro atoms. The minimum Gasteiger partial charge on any atom is -0.392 e. The highest BCUT2D eigenvalue weighted by Gasteiger charge is 2.09. The summed E-state index contributed by atoms with van der Waals surface area (Å²) >= 11 is 0. The van der Waals surface area contributed by atoms with Crippen LogP contribution >= 0.6 is 0 Å². The van der Waals surface area contributed by atoms with Crippen LogP contribution in [-0.2, 0) is 11.3 Å². The van der Waals surface area contributed by atoms with Gasteiger partial charge >= 0.3 is 0 Å². The third-order valence-electron chi connectivity index (χ3n) is 2.14. The number of aliphatic hydroxyl groups is 1. The van der Waals surface area contributed by atoms with Gasteiger partial charge < -0.3 is 20.5 Å². The number of nitrogens with two attached hydrogens (primary N) is 1. The molecule has 1 unspecified atom stereocenters. The molecule has 0 aromatic carbocycles. The van der Waals surface area contributed by atoms with Gasteiger partial charge in [0.15, 0.2) is 5.82 Å². The standard InChI is InChI=1S/C11H20N4O2/c1-4-17-7-10-13-9(12)5-11(14-10)15(3)6-8(2)16/h5,8,16H,4,6-7H2,1-3H3,(H2,12,13,14). The van der Waals surface area contributed by atoms with Crippen molar-refractivity contribution < 1.29 is 9.84 Å². The molecule has 1 aromatic heterocycles. The summed E-state index contributed by atoms with van der Waals surface area (Å²) < 4.78 is 5.24. The van der Waals surface area contributed by atoms with Crippen LogP contribution in [0.4, 0.5) is 11.6 Å². The molecule has 17 heavy (non-hydrogen) atoms. The molecule has 0 saturated carbocycles. The Labute approximate surface area is 101 Å². The molecule has 1 atom stereocenters. The number of hydrogen-bond acceptors (Lipinski definition) is 6. The van der Waals surface area contributed by atoms with Crippen molar-refractivity contribution in [2.45, 2.75) is 26.6 Å². The molecule has 3 N–H and O–H groups in total. The summed E-state index contributed by atoms with van der Waals surface area (Å²) in [5, 5.41) is 9.32. The fourth-order valence-corrected chi connectivity index (χ4v) is 1.45. The van der Waals surface area contributed by atoms with Gasteiger partial charge in [0.25, 0.3) is 0 Å². The molecule has 96 valence electrons. The molecular formula is C11H20N4O2. The number of ether oxygens (including phenoxy) is 1. The van der Waals surface area contributed by atoms with E-state index in [1.165, 1.54) is 0 Å². The number of aliphatic hydroxyl groups excluding tert-OH is 1. The zero-order valence-electron chi connectivity index (χ0n) is 10.6. The van der Waals surface area contributed by atoms with E-state index < -0.39 is 6.10 Å². The summed E-state index contributed by atoms with van der Waals surface area (Å²) in [6.07, 6.45) is -0.425. The van der Waals surface area contributed by atoms with Crippen molar-refractivity contribution in [3.63, 3.8) is 0 Å². The topological polar surface area (TPSA) is 84.5 Å². The number of nitrogen functional groups attached to an aromatic ring is 1. The number of anilines is 2. The minimum atomic E-state index is -0.425. The lowest BCUT2D eigenvalue weighted by Gasteiger charge is -2.20. The number of nitrogens with zero attached hydrogens (tertiary/aromatic N) is 3.